The molecule has 0 radical (unpaired) electrons. The van der Waals surface area contributed by atoms with E-state index >= 15 is 0 Å². The molecule has 1 aliphatic rings. The number of aromatic nitrogens is 7. The Labute approximate surface area is 286 Å². The van der Waals surface area contributed by atoms with Gasteiger partial charge in [0.1, 0.15) is 17.2 Å². The summed E-state index contributed by atoms with van der Waals surface area (Å²) in [6.45, 7) is 12.0. The Morgan fingerprint density at radius 2 is 1.80 bits per heavy atom. The molecule has 0 spiro atoms. The second-order valence-corrected chi connectivity index (χ2v) is 15.3. The molecule has 0 amide bonds. The van der Waals surface area contributed by atoms with Crippen molar-refractivity contribution in [3.05, 3.63) is 61.3 Å². The van der Waals surface area contributed by atoms with E-state index in [0.717, 1.165) is 76.1 Å². The molecule has 1 aliphatic heterocycles. The van der Waals surface area contributed by atoms with Gasteiger partial charge in [0.05, 0.1) is 42.0 Å². The Morgan fingerprint density at radius 1 is 1.00 bits per heavy atom. The second-order valence-electron chi connectivity index (χ2n) is 13.1. The van der Waals surface area contributed by atoms with E-state index < -0.39 is 7.92 Å². The molecule has 13 nitrogen and oxygen atoms in total. The number of methoxy groups -OCH3 is 1. The van der Waals surface area contributed by atoms with Crippen LogP contribution in [0.4, 0.5) is 28.8 Å². The highest BCUT2D eigenvalue weighted by Crippen LogP contribution is 2.41. The minimum atomic E-state index is -0.514. The number of aliphatic hydroxyl groups excluding tert-OH is 1. The molecule has 0 atom stereocenters. The van der Waals surface area contributed by atoms with Gasteiger partial charge in [0.25, 0.3) is 0 Å². The number of anilines is 5. The van der Waals surface area contributed by atoms with Crippen LogP contribution in [0, 0.1) is 0 Å². The van der Waals surface area contributed by atoms with Crippen LogP contribution in [0.25, 0.3) is 33.2 Å². The molecular formula is C35H42N11O2P. The fraction of sp³-hybridized carbons (Fsp3) is 0.343. The van der Waals surface area contributed by atoms with Crippen molar-refractivity contribution < 1.29 is 9.84 Å². The lowest BCUT2D eigenvalue weighted by Crippen LogP contribution is -2.56. The number of ether oxygens (including phenoxy) is 1. The van der Waals surface area contributed by atoms with E-state index in [9.17, 15) is 5.11 Å². The second kappa shape index (κ2) is 13.2. The maximum Gasteiger partial charge on any atom is 0.231 e. The number of hydrogen-bond donors (Lipinski definition) is 4. The van der Waals surface area contributed by atoms with E-state index in [1.54, 1.807) is 19.5 Å². The van der Waals surface area contributed by atoms with Gasteiger partial charge in [-0.25, -0.2) is 0 Å². The van der Waals surface area contributed by atoms with Gasteiger partial charge < -0.3 is 30.4 Å². The van der Waals surface area contributed by atoms with Crippen LogP contribution in [0.1, 0.15) is 13.8 Å². The Balaban J connectivity index is 1.26. The first-order valence-electron chi connectivity index (χ1n) is 16.3. The lowest BCUT2D eigenvalue weighted by Gasteiger charge is -2.44. The van der Waals surface area contributed by atoms with Crippen LogP contribution in [-0.2, 0) is 7.05 Å². The van der Waals surface area contributed by atoms with Gasteiger partial charge in [-0.05, 0) is 51.4 Å². The van der Waals surface area contributed by atoms with Crippen molar-refractivity contribution in [1.29, 1.82) is 0 Å². The van der Waals surface area contributed by atoms with Crippen LogP contribution in [0.3, 0.4) is 0 Å². The normalized spacial score (nSPS) is 14.2. The SMILES string of the molecule is COc1cc(N2CCN(C(C)(C)CO)CC2)c(-c2cnn(C)c2)cc1Nc1nc(Nc2ccc3nccnc3c2P(C)C)c2cc[nH]c2n1. The van der Waals surface area contributed by atoms with Gasteiger partial charge in [0.15, 0.2) is 0 Å². The first-order chi connectivity index (χ1) is 23.6. The predicted molar refractivity (Wildman–Crippen MR) is 199 cm³/mol. The van der Waals surface area contributed by atoms with Crippen molar-refractivity contribution in [2.24, 2.45) is 7.05 Å². The standard InChI is InChI=1S/C35H42N11O2P/c1-35(2,21-47)46-15-13-45(14-16-46)28-18-29(48-4)27(17-24(28)22-19-39-44(3)20-22)41-34-42-32-23(9-10-38-32)33(43-34)40-26-8-7-25-30(31(26)49(5)6)37-12-11-36-25/h7-12,17-20,47H,13-16,21H2,1-6H3,(H3,38,40,41,42,43). The van der Waals surface area contributed by atoms with E-state index in [0.29, 0.717) is 23.2 Å². The summed E-state index contributed by atoms with van der Waals surface area (Å²) in [7, 11) is 3.08. The average molecular weight is 680 g/mol. The Kier molecular flexibility index (Phi) is 8.82. The number of rotatable bonds is 10. The van der Waals surface area contributed by atoms with E-state index in [1.807, 2.05) is 42.5 Å². The van der Waals surface area contributed by atoms with Gasteiger partial charge in [-0.15, -0.1) is 0 Å². The molecule has 0 bridgehead atoms. The maximum atomic E-state index is 9.95. The number of H-pyrrole nitrogens is 1. The zero-order chi connectivity index (χ0) is 34.3. The third-order valence-electron chi connectivity index (χ3n) is 9.17. The summed E-state index contributed by atoms with van der Waals surface area (Å²) < 4.78 is 7.79. The Morgan fingerprint density at radius 3 is 2.51 bits per heavy atom. The molecule has 7 rings (SSSR count). The summed E-state index contributed by atoms with van der Waals surface area (Å²) in [4.78, 5) is 27.0. The molecule has 0 unspecified atom stereocenters. The van der Waals surface area contributed by atoms with Crippen LogP contribution in [-0.4, -0.2) is 103 Å². The van der Waals surface area contributed by atoms with Crippen molar-refractivity contribution in [1.82, 2.24) is 39.6 Å². The van der Waals surface area contributed by atoms with Crippen molar-refractivity contribution in [3.8, 4) is 16.9 Å². The minimum Gasteiger partial charge on any atom is -0.494 e. The first-order valence-corrected chi connectivity index (χ1v) is 18.5. The van der Waals surface area contributed by atoms with Crippen LogP contribution in [0.2, 0.25) is 0 Å². The lowest BCUT2D eigenvalue weighted by molar-refractivity contribution is 0.0527. The number of piperazine rings is 1. The van der Waals surface area contributed by atoms with Gasteiger partial charge in [0.2, 0.25) is 5.95 Å². The molecule has 0 aliphatic carbocycles. The van der Waals surface area contributed by atoms with Crippen molar-refractivity contribution >= 4 is 64.1 Å². The molecule has 1 fully saturated rings. The van der Waals surface area contributed by atoms with Gasteiger partial charge >= 0.3 is 0 Å². The van der Waals surface area contributed by atoms with Crippen LogP contribution in [0.15, 0.2) is 61.3 Å². The van der Waals surface area contributed by atoms with E-state index in [4.69, 9.17) is 14.7 Å². The topological polar surface area (TPSA) is 145 Å². The number of fused-ring (bicyclic) bond motifs is 2. The number of benzene rings is 2. The first kappa shape index (κ1) is 32.7. The van der Waals surface area contributed by atoms with Crippen molar-refractivity contribution in [2.75, 3.05) is 68.8 Å². The molecule has 254 valence electrons. The molecule has 1 saturated heterocycles. The highest BCUT2D eigenvalue weighted by atomic mass is 31.1. The number of nitrogens with one attached hydrogen (secondary N) is 3. The molecule has 6 aromatic rings. The molecule has 14 heteroatoms. The number of aromatic amines is 1. The van der Waals surface area contributed by atoms with E-state index in [2.05, 4.69) is 85.9 Å². The van der Waals surface area contributed by atoms with Crippen LogP contribution < -0.4 is 25.6 Å². The van der Waals surface area contributed by atoms with Crippen LogP contribution in [0.5, 0.6) is 5.75 Å². The summed E-state index contributed by atoms with van der Waals surface area (Å²) in [5, 5.41) is 23.5. The third-order valence-corrected chi connectivity index (χ3v) is 10.5. The summed E-state index contributed by atoms with van der Waals surface area (Å²) >= 11 is 0. The monoisotopic (exact) mass is 679 g/mol. The average Bonchev–Trinajstić information content (AvgIpc) is 3.77. The lowest BCUT2D eigenvalue weighted by atomic mass is 10.0. The maximum absolute atomic E-state index is 9.95. The quantitative estimate of drug-likeness (QED) is 0.144. The number of hydrogen-bond acceptors (Lipinski definition) is 11. The molecule has 4 N–H and O–H groups in total. The van der Waals surface area contributed by atoms with Gasteiger partial charge in [0, 0.05) is 97.4 Å². The van der Waals surface area contributed by atoms with Crippen molar-refractivity contribution in [2.45, 2.75) is 19.4 Å². The highest BCUT2D eigenvalue weighted by Gasteiger charge is 2.30. The zero-order valence-electron chi connectivity index (χ0n) is 28.7. The smallest absolute Gasteiger partial charge is 0.231 e. The molecular weight excluding hydrogens is 637 g/mol. The molecule has 2 aromatic carbocycles. The van der Waals surface area contributed by atoms with Gasteiger partial charge in [-0.2, -0.15) is 15.1 Å². The van der Waals surface area contributed by atoms with E-state index in [1.165, 1.54) is 0 Å². The zero-order valence-corrected chi connectivity index (χ0v) is 29.6. The molecule has 0 saturated carbocycles. The van der Waals surface area contributed by atoms with Crippen molar-refractivity contribution in [3.63, 3.8) is 0 Å². The molecule has 4 aromatic heterocycles. The summed E-state index contributed by atoms with van der Waals surface area (Å²) in [5.41, 5.74) is 6.94. The fourth-order valence-corrected chi connectivity index (χ4v) is 7.67. The largest absolute Gasteiger partial charge is 0.494 e. The fourth-order valence-electron chi connectivity index (χ4n) is 6.46. The Bertz CT molecular complexity index is 2120. The predicted octanol–water partition coefficient (Wildman–Crippen LogP) is 5.06. The minimum absolute atomic E-state index is 0.117. The number of nitrogens with zero attached hydrogens (tertiary/aromatic N) is 8. The summed E-state index contributed by atoms with van der Waals surface area (Å²) in [6, 6.07) is 10.2. The van der Waals surface area contributed by atoms with Gasteiger partial charge in [-0.3, -0.25) is 19.5 Å². The van der Waals surface area contributed by atoms with E-state index in [-0.39, 0.29) is 12.1 Å². The van der Waals surface area contributed by atoms with Crippen LogP contribution >= 0.6 is 7.92 Å². The summed E-state index contributed by atoms with van der Waals surface area (Å²) in [6.07, 6.45) is 9.22. The molecule has 5 heterocycles. The van der Waals surface area contributed by atoms with Gasteiger partial charge in [-0.1, -0.05) is 7.92 Å². The highest BCUT2D eigenvalue weighted by molar-refractivity contribution is 7.65. The Hall–Kier alpha value is -4.84. The molecule has 49 heavy (non-hydrogen) atoms. The summed E-state index contributed by atoms with van der Waals surface area (Å²) in [5.74, 6) is 1.75. The number of aliphatic hydroxyl groups is 1. The third kappa shape index (κ3) is 6.37. The number of aryl methyl sites for hydroxylation is 1.